The van der Waals surface area contributed by atoms with Gasteiger partial charge >= 0.3 is 5.97 Å². The smallest absolute Gasteiger partial charge is 0.343 e. The van der Waals surface area contributed by atoms with Gasteiger partial charge in [-0.3, -0.25) is 4.79 Å². The first-order valence-electron chi connectivity index (χ1n) is 3.23. The second-order valence-corrected chi connectivity index (χ2v) is 3.11. The topological polar surface area (TPSA) is 63.6 Å². The highest BCUT2D eigenvalue weighted by Crippen LogP contribution is 2.07. The Kier molecular flexibility index (Phi) is 3.19. The van der Waals surface area contributed by atoms with Crippen LogP contribution in [0.2, 0.25) is 0 Å². The minimum Gasteiger partial charge on any atom is -0.458 e. The molecule has 0 amide bonds. The summed E-state index contributed by atoms with van der Waals surface area (Å²) in [5.41, 5.74) is -0.666. The number of carbonyl (C=O) groups is 2. The van der Waals surface area contributed by atoms with Crippen molar-refractivity contribution in [3.63, 3.8) is 0 Å². The number of hydrogen-bond donors (Lipinski definition) is 1. The summed E-state index contributed by atoms with van der Waals surface area (Å²) in [6.45, 7) is 4.97. The first kappa shape index (κ1) is 10.1. The Bertz CT molecular complexity index is 156. The molecular formula is C7H12O4. The predicted octanol–water partition coefficient (Wildman–Crippen LogP) is -0.112. The van der Waals surface area contributed by atoms with Crippen molar-refractivity contribution in [2.75, 3.05) is 0 Å². The zero-order valence-corrected chi connectivity index (χ0v) is 6.83. The van der Waals surface area contributed by atoms with Gasteiger partial charge in [0.1, 0.15) is 5.60 Å². The molecule has 0 saturated heterocycles. The quantitative estimate of drug-likeness (QED) is 0.347. The Labute approximate surface area is 65.2 Å². The van der Waals surface area contributed by atoms with Crippen LogP contribution in [0.3, 0.4) is 0 Å². The van der Waals surface area contributed by atoms with E-state index in [1.165, 1.54) is 0 Å². The van der Waals surface area contributed by atoms with Crippen LogP contribution in [0.25, 0.3) is 0 Å². The zero-order valence-electron chi connectivity index (χ0n) is 6.83. The summed E-state index contributed by atoms with van der Waals surface area (Å²) >= 11 is 0. The second-order valence-electron chi connectivity index (χ2n) is 3.11. The standard InChI is InChI=1S/C7H12O4/c1-7(2,3)11-6(10)5(9)4-8/h4-5,9H,1-3H3. The Morgan fingerprint density at radius 1 is 1.55 bits per heavy atom. The molecule has 64 valence electrons. The van der Waals surface area contributed by atoms with Crippen molar-refractivity contribution in [3.8, 4) is 0 Å². The molecular weight excluding hydrogens is 148 g/mol. The molecule has 0 heterocycles. The number of rotatable bonds is 2. The van der Waals surface area contributed by atoms with Gasteiger partial charge in [0.05, 0.1) is 0 Å². The first-order chi connectivity index (χ1) is 4.87. The Morgan fingerprint density at radius 2 is 2.00 bits per heavy atom. The Morgan fingerprint density at radius 3 is 2.27 bits per heavy atom. The highest BCUT2D eigenvalue weighted by molar-refractivity contribution is 5.90. The van der Waals surface area contributed by atoms with Crippen LogP contribution in [0.15, 0.2) is 0 Å². The summed E-state index contributed by atoms with van der Waals surface area (Å²) in [6.07, 6.45) is -1.53. The van der Waals surface area contributed by atoms with Gasteiger partial charge in [0.25, 0.3) is 0 Å². The van der Waals surface area contributed by atoms with Gasteiger partial charge in [0, 0.05) is 0 Å². The third-order valence-corrected chi connectivity index (χ3v) is 0.777. The molecule has 0 aliphatic rings. The lowest BCUT2D eigenvalue weighted by Gasteiger charge is -2.19. The lowest BCUT2D eigenvalue weighted by molar-refractivity contribution is -0.165. The van der Waals surface area contributed by atoms with E-state index >= 15 is 0 Å². The minimum absolute atomic E-state index is 0.133. The number of aldehydes is 1. The van der Waals surface area contributed by atoms with E-state index in [0.29, 0.717) is 0 Å². The average Bonchev–Trinajstić information content (AvgIpc) is 1.82. The minimum atomic E-state index is -1.66. The van der Waals surface area contributed by atoms with Crippen LogP contribution < -0.4 is 0 Å². The Hall–Kier alpha value is -0.900. The third kappa shape index (κ3) is 4.50. The molecule has 0 saturated carbocycles. The van der Waals surface area contributed by atoms with E-state index in [9.17, 15) is 9.59 Å². The molecule has 0 aliphatic carbocycles. The number of aliphatic hydroxyl groups is 1. The zero-order chi connectivity index (χ0) is 9.07. The molecule has 0 aliphatic heterocycles. The summed E-state index contributed by atoms with van der Waals surface area (Å²) in [5, 5.41) is 8.65. The lowest BCUT2D eigenvalue weighted by Crippen LogP contribution is -2.32. The molecule has 1 atom stereocenters. The maximum Gasteiger partial charge on any atom is 0.343 e. The van der Waals surface area contributed by atoms with Crippen molar-refractivity contribution in [2.24, 2.45) is 0 Å². The van der Waals surface area contributed by atoms with Crippen LogP contribution >= 0.6 is 0 Å². The fraction of sp³-hybridized carbons (Fsp3) is 0.714. The van der Waals surface area contributed by atoms with Crippen molar-refractivity contribution in [2.45, 2.75) is 32.5 Å². The van der Waals surface area contributed by atoms with Gasteiger partial charge in [-0.25, -0.2) is 4.79 Å². The number of aliphatic hydroxyl groups excluding tert-OH is 1. The number of carbonyl (C=O) groups excluding carboxylic acids is 2. The molecule has 11 heavy (non-hydrogen) atoms. The molecule has 0 fully saturated rings. The molecule has 0 spiro atoms. The highest BCUT2D eigenvalue weighted by atomic mass is 16.6. The highest BCUT2D eigenvalue weighted by Gasteiger charge is 2.22. The van der Waals surface area contributed by atoms with Crippen molar-refractivity contribution < 1.29 is 19.4 Å². The maximum absolute atomic E-state index is 10.7. The van der Waals surface area contributed by atoms with Gasteiger partial charge < -0.3 is 9.84 Å². The van der Waals surface area contributed by atoms with Crippen LogP contribution in [-0.2, 0) is 14.3 Å². The van der Waals surface area contributed by atoms with Crippen LogP contribution in [-0.4, -0.2) is 29.1 Å². The van der Waals surface area contributed by atoms with Crippen molar-refractivity contribution in [1.29, 1.82) is 0 Å². The predicted molar refractivity (Wildman–Crippen MR) is 37.9 cm³/mol. The molecule has 0 radical (unpaired) electrons. The van der Waals surface area contributed by atoms with E-state index in [1.807, 2.05) is 0 Å². The average molecular weight is 160 g/mol. The van der Waals surface area contributed by atoms with Crippen LogP contribution in [0.1, 0.15) is 20.8 Å². The lowest BCUT2D eigenvalue weighted by atomic mass is 10.2. The summed E-state index contributed by atoms with van der Waals surface area (Å²) in [5.74, 6) is -0.910. The van der Waals surface area contributed by atoms with Crippen molar-refractivity contribution >= 4 is 12.3 Å². The van der Waals surface area contributed by atoms with Gasteiger partial charge in [-0.1, -0.05) is 0 Å². The molecule has 0 rings (SSSR count). The van der Waals surface area contributed by atoms with E-state index in [1.54, 1.807) is 20.8 Å². The molecule has 1 N–H and O–H groups in total. The summed E-state index contributed by atoms with van der Waals surface area (Å²) in [6, 6.07) is 0. The second kappa shape index (κ2) is 3.48. The SMILES string of the molecule is CC(C)(C)OC(=O)C(O)C=O. The molecule has 0 aromatic rings. The monoisotopic (exact) mass is 160 g/mol. The van der Waals surface area contributed by atoms with E-state index in [4.69, 9.17) is 5.11 Å². The number of hydrogen-bond acceptors (Lipinski definition) is 4. The van der Waals surface area contributed by atoms with Gasteiger partial charge in [0.15, 0.2) is 6.29 Å². The molecule has 0 aromatic carbocycles. The van der Waals surface area contributed by atoms with Gasteiger partial charge in [0.2, 0.25) is 6.10 Å². The summed E-state index contributed by atoms with van der Waals surface area (Å²) < 4.78 is 4.67. The van der Waals surface area contributed by atoms with E-state index in [0.717, 1.165) is 0 Å². The van der Waals surface area contributed by atoms with Crippen molar-refractivity contribution in [1.82, 2.24) is 0 Å². The van der Waals surface area contributed by atoms with E-state index < -0.39 is 17.7 Å². The molecule has 0 aromatic heterocycles. The Balaban J connectivity index is 3.98. The van der Waals surface area contributed by atoms with Crippen LogP contribution in [0.4, 0.5) is 0 Å². The fourth-order valence-corrected chi connectivity index (χ4v) is 0.418. The molecule has 4 heteroatoms. The fourth-order valence-electron chi connectivity index (χ4n) is 0.418. The van der Waals surface area contributed by atoms with Crippen LogP contribution in [0, 0.1) is 0 Å². The van der Waals surface area contributed by atoms with Gasteiger partial charge in [-0.05, 0) is 20.8 Å². The normalized spacial score (nSPS) is 13.8. The largest absolute Gasteiger partial charge is 0.458 e. The maximum atomic E-state index is 10.7. The van der Waals surface area contributed by atoms with Crippen LogP contribution in [0.5, 0.6) is 0 Å². The summed E-state index contributed by atoms with van der Waals surface area (Å²) in [7, 11) is 0. The third-order valence-electron chi connectivity index (χ3n) is 0.777. The number of esters is 1. The summed E-state index contributed by atoms with van der Waals surface area (Å²) in [4.78, 5) is 20.6. The number of ether oxygens (including phenoxy) is 1. The molecule has 0 bridgehead atoms. The van der Waals surface area contributed by atoms with E-state index in [2.05, 4.69) is 4.74 Å². The van der Waals surface area contributed by atoms with Gasteiger partial charge in [-0.15, -0.1) is 0 Å². The first-order valence-corrected chi connectivity index (χ1v) is 3.23. The van der Waals surface area contributed by atoms with E-state index in [-0.39, 0.29) is 6.29 Å². The molecule has 1 unspecified atom stereocenters. The van der Waals surface area contributed by atoms with Crippen molar-refractivity contribution in [3.05, 3.63) is 0 Å². The molecule has 4 nitrogen and oxygen atoms in total. The van der Waals surface area contributed by atoms with Gasteiger partial charge in [-0.2, -0.15) is 0 Å².